The summed E-state index contributed by atoms with van der Waals surface area (Å²) in [6.45, 7) is 1.98. The predicted molar refractivity (Wildman–Crippen MR) is 54.3 cm³/mol. The van der Waals surface area contributed by atoms with Gasteiger partial charge < -0.3 is 9.72 Å². The molecule has 0 aliphatic heterocycles. The predicted octanol–water partition coefficient (Wildman–Crippen LogP) is 2.36. The van der Waals surface area contributed by atoms with Gasteiger partial charge in [0.1, 0.15) is 11.8 Å². The smallest absolute Gasteiger partial charge is 0.143 e. The van der Waals surface area contributed by atoms with Crippen LogP contribution in [0.15, 0.2) is 18.3 Å². The molecule has 0 fully saturated rings. The summed E-state index contributed by atoms with van der Waals surface area (Å²) in [7, 11) is 1.63. The lowest BCUT2D eigenvalue weighted by Gasteiger charge is -2.02. The van der Waals surface area contributed by atoms with Gasteiger partial charge in [-0.2, -0.15) is 5.26 Å². The molecular formula is C11H10N2O. The van der Waals surface area contributed by atoms with Crippen molar-refractivity contribution in [2.24, 2.45) is 0 Å². The Bertz CT molecular complexity index is 520. The van der Waals surface area contributed by atoms with Gasteiger partial charge in [0.2, 0.25) is 0 Å². The number of hydrogen-bond donors (Lipinski definition) is 1. The molecule has 70 valence electrons. The van der Waals surface area contributed by atoms with Gasteiger partial charge in [0.15, 0.2) is 0 Å². The van der Waals surface area contributed by atoms with Gasteiger partial charge in [-0.3, -0.25) is 0 Å². The van der Waals surface area contributed by atoms with Crippen LogP contribution in [0.3, 0.4) is 0 Å². The number of benzene rings is 1. The van der Waals surface area contributed by atoms with Crippen LogP contribution in [-0.2, 0) is 0 Å². The van der Waals surface area contributed by atoms with Gasteiger partial charge in [-0.05, 0) is 24.6 Å². The Labute approximate surface area is 81.9 Å². The fourth-order valence-electron chi connectivity index (χ4n) is 1.59. The van der Waals surface area contributed by atoms with Crippen LogP contribution in [-0.4, -0.2) is 12.1 Å². The van der Waals surface area contributed by atoms with Crippen LogP contribution in [0.4, 0.5) is 0 Å². The minimum atomic E-state index is 0.655. The van der Waals surface area contributed by atoms with Crippen molar-refractivity contribution < 1.29 is 4.74 Å². The first-order valence-electron chi connectivity index (χ1n) is 4.32. The monoisotopic (exact) mass is 186 g/mol. The van der Waals surface area contributed by atoms with E-state index in [1.807, 2.05) is 19.1 Å². The number of aryl methyl sites for hydroxylation is 1. The summed E-state index contributed by atoms with van der Waals surface area (Å²) in [5.74, 6) is 0.779. The molecule has 0 saturated heterocycles. The van der Waals surface area contributed by atoms with Crippen LogP contribution in [0.2, 0.25) is 0 Å². The van der Waals surface area contributed by atoms with E-state index < -0.39 is 0 Å². The number of ether oxygens (including phenoxy) is 1. The Balaban J connectivity index is 2.85. The Morgan fingerprint density at radius 2 is 2.21 bits per heavy atom. The number of rotatable bonds is 1. The Hall–Kier alpha value is -1.95. The fraction of sp³-hybridized carbons (Fsp3) is 0.182. The molecule has 0 aliphatic carbocycles. The molecule has 0 atom stereocenters. The normalized spacial score (nSPS) is 10.1. The van der Waals surface area contributed by atoms with Crippen LogP contribution in [0.5, 0.6) is 5.75 Å². The van der Waals surface area contributed by atoms with Crippen molar-refractivity contribution in [3.63, 3.8) is 0 Å². The van der Waals surface area contributed by atoms with E-state index in [1.54, 1.807) is 13.3 Å². The van der Waals surface area contributed by atoms with Crippen molar-refractivity contribution in [3.05, 3.63) is 29.5 Å². The van der Waals surface area contributed by atoms with E-state index in [-0.39, 0.29) is 0 Å². The van der Waals surface area contributed by atoms with E-state index in [9.17, 15) is 0 Å². The second-order valence-corrected chi connectivity index (χ2v) is 3.20. The van der Waals surface area contributed by atoms with Crippen molar-refractivity contribution in [2.75, 3.05) is 7.11 Å². The summed E-state index contributed by atoms with van der Waals surface area (Å²) in [5, 5.41) is 9.79. The standard InChI is InChI=1S/C11H10N2O/c1-7-3-9-8(5-12)6-13-11(9)10(4-7)14-2/h3-4,6,13H,1-2H3. The molecule has 1 N–H and O–H groups in total. The third-order valence-corrected chi connectivity index (χ3v) is 2.24. The number of aromatic nitrogens is 1. The third-order valence-electron chi connectivity index (χ3n) is 2.24. The van der Waals surface area contributed by atoms with Gasteiger partial charge in [-0.25, -0.2) is 0 Å². The highest BCUT2D eigenvalue weighted by Crippen LogP contribution is 2.28. The summed E-state index contributed by atoms with van der Waals surface area (Å²) in [6.07, 6.45) is 1.70. The average Bonchev–Trinajstić information content (AvgIpc) is 2.59. The number of aromatic amines is 1. The molecule has 3 nitrogen and oxygen atoms in total. The van der Waals surface area contributed by atoms with Crippen molar-refractivity contribution in [2.45, 2.75) is 6.92 Å². The number of H-pyrrole nitrogens is 1. The van der Waals surface area contributed by atoms with Gasteiger partial charge in [-0.15, -0.1) is 0 Å². The number of methoxy groups -OCH3 is 1. The Morgan fingerprint density at radius 3 is 2.86 bits per heavy atom. The van der Waals surface area contributed by atoms with Crippen LogP contribution in [0.25, 0.3) is 10.9 Å². The highest BCUT2D eigenvalue weighted by molar-refractivity contribution is 5.90. The van der Waals surface area contributed by atoms with Crippen LogP contribution in [0, 0.1) is 18.3 Å². The zero-order chi connectivity index (χ0) is 10.1. The molecule has 1 heterocycles. The number of nitrogens with zero attached hydrogens (tertiary/aromatic N) is 1. The largest absolute Gasteiger partial charge is 0.495 e. The molecule has 0 saturated carbocycles. The molecular weight excluding hydrogens is 176 g/mol. The van der Waals surface area contributed by atoms with Crippen LogP contribution < -0.4 is 4.74 Å². The summed E-state index contributed by atoms with van der Waals surface area (Å²) in [5.41, 5.74) is 2.63. The molecule has 2 rings (SSSR count). The molecule has 0 amide bonds. The Morgan fingerprint density at radius 1 is 1.43 bits per heavy atom. The molecule has 14 heavy (non-hydrogen) atoms. The van der Waals surface area contributed by atoms with E-state index in [0.29, 0.717) is 5.56 Å². The molecule has 1 aromatic heterocycles. The quantitative estimate of drug-likeness (QED) is 0.743. The lowest BCUT2D eigenvalue weighted by Crippen LogP contribution is -1.85. The van der Waals surface area contributed by atoms with Crippen molar-refractivity contribution in [3.8, 4) is 11.8 Å². The average molecular weight is 186 g/mol. The zero-order valence-electron chi connectivity index (χ0n) is 8.09. The maximum Gasteiger partial charge on any atom is 0.143 e. The van der Waals surface area contributed by atoms with E-state index in [1.165, 1.54) is 0 Å². The second-order valence-electron chi connectivity index (χ2n) is 3.20. The van der Waals surface area contributed by atoms with Crippen molar-refractivity contribution >= 4 is 10.9 Å². The maximum atomic E-state index is 8.87. The summed E-state index contributed by atoms with van der Waals surface area (Å²) < 4.78 is 5.23. The molecule has 0 radical (unpaired) electrons. The number of nitrogens with one attached hydrogen (secondary N) is 1. The fourth-order valence-corrected chi connectivity index (χ4v) is 1.59. The molecule has 0 aliphatic rings. The first kappa shape index (κ1) is 8.64. The van der Waals surface area contributed by atoms with Gasteiger partial charge >= 0.3 is 0 Å². The molecule has 0 bridgehead atoms. The van der Waals surface area contributed by atoms with Gasteiger partial charge in [0.25, 0.3) is 0 Å². The van der Waals surface area contributed by atoms with Crippen molar-refractivity contribution in [1.29, 1.82) is 5.26 Å². The van der Waals surface area contributed by atoms with Gasteiger partial charge in [0.05, 0.1) is 18.2 Å². The van der Waals surface area contributed by atoms with E-state index in [4.69, 9.17) is 10.00 Å². The molecule has 0 spiro atoms. The zero-order valence-corrected chi connectivity index (χ0v) is 8.09. The topological polar surface area (TPSA) is 48.8 Å². The van der Waals surface area contributed by atoms with E-state index in [0.717, 1.165) is 22.2 Å². The van der Waals surface area contributed by atoms with Crippen LogP contribution in [0.1, 0.15) is 11.1 Å². The number of fused-ring (bicyclic) bond motifs is 1. The van der Waals surface area contributed by atoms with Gasteiger partial charge in [0, 0.05) is 11.6 Å². The highest BCUT2D eigenvalue weighted by Gasteiger charge is 2.08. The Kier molecular flexibility index (Phi) is 1.90. The molecule has 0 unspecified atom stereocenters. The minimum absolute atomic E-state index is 0.655. The van der Waals surface area contributed by atoms with Gasteiger partial charge in [-0.1, -0.05) is 0 Å². The first-order chi connectivity index (χ1) is 6.76. The summed E-state index contributed by atoms with van der Waals surface area (Å²) in [4.78, 5) is 3.04. The number of hydrogen-bond acceptors (Lipinski definition) is 2. The van der Waals surface area contributed by atoms with E-state index in [2.05, 4.69) is 11.1 Å². The SMILES string of the molecule is COc1cc(C)cc2c(C#N)c[nH]c12. The highest BCUT2D eigenvalue weighted by atomic mass is 16.5. The maximum absolute atomic E-state index is 8.87. The minimum Gasteiger partial charge on any atom is -0.495 e. The van der Waals surface area contributed by atoms with Crippen LogP contribution >= 0.6 is 0 Å². The first-order valence-corrected chi connectivity index (χ1v) is 4.32. The summed E-state index contributed by atoms with van der Waals surface area (Å²) >= 11 is 0. The molecule has 2 aromatic rings. The lowest BCUT2D eigenvalue weighted by molar-refractivity contribution is 0.418. The number of nitriles is 1. The van der Waals surface area contributed by atoms with Crippen molar-refractivity contribution in [1.82, 2.24) is 4.98 Å². The second kappa shape index (κ2) is 3.08. The summed E-state index contributed by atoms with van der Waals surface area (Å²) in [6, 6.07) is 6.07. The molecule has 1 aromatic carbocycles. The lowest BCUT2D eigenvalue weighted by atomic mass is 10.1. The third kappa shape index (κ3) is 1.12. The van der Waals surface area contributed by atoms with E-state index >= 15 is 0 Å². The molecule has 3 heteroatoms.